The summed E-state index contributed by atoms with van der Waals surface area (Å²) < 4.78 is 6.04. The van der Waals surface area contributed by atoms with Gasteiger partial charge in [0.25, 0.3) is 0 Å². The minimum absolute atomic E-state index is 0.367. The van der Waals surface area contributed by atoms with E-state index in [0.29, 0.717) is 11.8 Å². The minimum atomic E-state index is 0.367. The largest absolute Gasteiger partial charge is 0.367 e. The van der Waals surface area contributed by atoms with Crippen LogP contribution in [0.1, 0.15) is 17.9 Å². The number of halogens is 1. The number of anilines is 1. The number of benzene rings is 1. The summed E-state index contributed by atoms with van der Waals surface area (Å²) in [7, 11) is 0. The lowest BCUT2D eigenvalue weighted by atomic mass is 9.96. The van der Waals surface area contributed by atoms with Crippen LogP contribution in [0.2, 0.25) is 0 Å². The van der Waals surface area contributed by atoms with Gasteiger partial charge in [-0.2, -0.15) is 11.8 Å². The van der Waals surface area contributed by atoms with E-state index in [0.717, 1.165) is 15.6 Å². The molecule has 1 atom stereocenters. The SMILES string of the molecule is Nc1oncc1-c1ccc(C2CCSC2)c(Br)c1. The summed E-state index contributed by atoms with van der Waals surface area (Å²) in [6, 6.07) is 6.37. The first kappa shape index (κ1) is 12.1. The van der Waals surface area contributed by atoms with Crippen molar-refractivity contribution in [2.75, 3.05) is 17.2 Å². The molecular weight excluding hydrogens is 312 g/mol. The Morgan fingerprint density at radius 3 is 2.94 bits per heavy atom. The van der Waals surface area contributed by atoms with Crippen molar-refractivity contribution in [2.45, 2.75) is 12.3 Å². The van der Waals surface area contributed by atoms with Gasteiger partial charge in [0.15, 0.2) is 0 Å². The van der Waals surface area contributed by atoms with Gasteiger partial charge in [-0.3, -0.25) is 0 Å². The van der Waals surface area contributed by atoms with Gasteiger partial charge >= 0.3 is 0 Å². The highest BCUT2D eigenvalue weighted by Crippen LogP contribution is 2.38. The van der Waals surface area contributed by atoms with Gasteiger partial charge in [-0.1, -0.05) is 33.2 Å². The van der Waals surface area contributed by atoms with E-state index in [1.165, 1.54) is 23.5 Å². The van der Waals surface area contributed by atoms with Gasteiger partial charge in [-0.05, 0) is 35.3 Å². The lowest BCUT2D eigenvalue weighted by Crippen LogP contribution is -1.97. The average molecular weight is 325 g/mol. The van der Waals surface area contributed by atoms with E-state index >= 15 is 0 Å². The fourth-order valence-electron chi connectivity index (χ4n) is 2.27. The Hall–Kier alpha value is -0.940. The molecule has 0 amide bonds. The number of thioether (sulfide) groups is 1. The van der Waals surface area contributed by atoms with Crippen LogP contribution >= 0.6 is 27.7 Å². The second-order valence-electron chi connectivity index (χ2n) is 4.40. The van der Waals surface area contributed by atoms with E-state index in [9.17, 15) is 0 Å². The smallest absolute Gasteiger partial charge is 0.229 e. The second-order valence-corrected chi connectivity index (χ2v) is 6.40. The molecule has 3 rings (SSSR count). The molecule has 1 aliphatic heterocycles. The van der Waals surface area contributed by atoms with Crippen LogP contribution in [-0.2, 0) is 0 Å². The normalized spacial score (nSPS) is 19.3. The van der Waals surface area contributed by atoms with Crippen molar-refractivity contribution in [3.05, 3.63) is 34.4 Å². The predicted molar refractivity (Wildman–Crippen MR) is 78.7 cm³/mol. The van der Waals surface area contributed by atoms with E-state index in [-0.39, 0.29) is 0 Å². The topological polar surface area (TPSA) is 52.0 Å². The molecule has 0 bridgehead atoms. The van der Waals surface area contributed by atoms with E-state index in [4.69, 9.17) is 10.3 Å². The predicted octanol–water partition coefficient (Wildman–Crippen LogP) is 3.91. The molecule has 5 heteroatoms. The van der Waals surface area contributed by atoms with Crippen molar-refractivity contribution < 1.29 is 4.52 Å². The van der Waals surface area contributed by atoms with Gasteiger partial charge in [0.05, 0.1) is 11.8 Å². The molecule has 1 saturated heterocycles. The van der Waals surface area contributed by atoms with Crippen molar-refractivity contribution in [3.8, 4) is 11.1 Å². The molecule has 1 aromatic heterocycles. The molecule has 1 aliphatic rings. The molecule has 1 fully saturated rings. The summed E-state index contributed by atoms with van der Waals surface area (Å²) in [6.45, 7) is 0. The first-order valence-corrected chi connectivity index (χ1v) is 7.78. The average Bonchev–Trinajstić information content (AvgIpc) is 2.99. The second kappa shape index (κ2) is 4.97. The van der Waals surface area contributed by atoms with E-state index in [1.807, 2.05) is 11.8 Å². The van der Waals surface area contributed by atoms with Crippen molar-refractivity contribution in [1.29, 1.82) is 0 Å². The van der Waals surface area contributed by atoms with Crippen LogP contribution in [0.4, 0.5) is 5.88 Å². The number of hydrogen-bond acceptors (Lipinski definition) is 4. The number of aromatic nitrogens is 1. The third kappa shape index (κ3) is 2.17. The van der Waals surface area contributed by atoms with Crippen LogP contribution in [0, 0.1) is 0 Å². The molecule has 18 heavy (non-hydrogen) atoms. The highest BCUT2D eigenvalue weighted by atomic mass is 79.9. The first-order valence-electron chi connectivity index (χ1n) is 5.83. The quantitative estimate of drug-likeness (QED) is 0.910. The van der Waals surface area contributed by atoms with Crippen LogP contribution in [0.15, 0.2) is 33.4 Å². The summed E-state index contributed by atoms with van der Waals surface area (Å²) in [6.07, 6.45) is 2.92. The number of nitrogens with two attached hydrogens (primary N) is 1. The fraction of sp³-hybridized carbons (Fsp3) is 0.308. The monoisotopic (exact) mass is 324 g/mol. The zero-order chi connectivity index (χ0) is 12.5. The summed E-state index contributed by atoms with van der Waals surface area (Å²) in [5.74, 6) is 3.51. The van der Waals surface area contributed by atoms with Gasteiger partial charge in [0.2, 0.25) is 5.88 Å². The standard InChI is InChI=1S/C13H13BrN2OS/c14-12-5-8(11-6-16-17-13(11)15)1-2-10(12)9-3-4-18-7-9/h1-2,5-6,9H,3-4,7,15H2. The molecule has 94 valence electrons. The van der Waals surface area contributed by atoms with Gasteiger partial charge in [-0.25, -0.2) is 0 Å². The van der Waals surface area contributed by atoms with Crippen LogP contribution in [-0.4, -0.2) is 16.7 Å². The van der Waals surface area contributed by atoms with Crippen LogP contribution in [0.3, 0.4) is 0 Å². The van der Waals surface area contributed by atoms with Crippen LogP contribution < -0.4 is 5.73 Å². The molecule has 2 aromatic rings. The van der Waals surface area contributed by atoms with Gasteiger partial charge in [0, 0.05) is 10.2 Å². The number of nitrogens with zero attached hydrogens (tertiary/aromatic N) is 1. The summed E-state index contributed by atoms with van der Waals surface area (Å²) in [5.41, 5.74) is 9.01. The number of hydrogen-bond donors (Lipinski definition) is 1. The highest BCUT2D eigenvalue weighted by Gasteiger charge is 2.20. The third-order valence-electron chi connectivity index (χ3n) is 3.28. The maximum atomic E-state index is 5.74. The minimum Gasteiger partial charge on any atom is -0.367 e. The first-order chi connectivity index (χ1) is 8.75. The molecule has 1 unspecified atom stereocenters. The molecule has 3 nitrogen and oxygen atoms in total. The lowest BCUT2D eigenvalue weighted by Gasteiger charge is -2.12. The molecular formula is C13H13BrN2OS. The van der Waals surface area contributed by atoms with Crippen LogP contribution in [0.25, 0.3) is 11.1 Å². The Balaban J connectivity index is 1.96. The molecule has 0 radical (unpaired) electrons. The Kier molecular flexibility index (Phi) is 3.35. The lowest BCUT2D eigenvalue weighted by molar-refractivity contribution is 0.436. The molecule has 2 N–H and O–H groups in total. The summed E-state index contributed by atoms with van der Waals surface area (Å²) in [5, 5.41) is 3.71. The Morgan fingerprint density at radius 1 is 1.44 bits per heavy atom. The van der Waals surface area contributed by atoms with E-state index < -0.39 is 0 Å². The zero-order valence-corrected chi connectivity index (χ0v) is 12.1. The number of nitrogen functional groups attached to an aromatic ring is 1. The van der Waals surface area contributed by atoms with Crippen LogP contribution in [0.5, 0.6) is 0 Å². The molecule has 0 spiro atoms. The van der Waals surface area contributed by atoms with Gasteiger partial charge < -0.3 is 10.3 Å². The van der Waals surface area contributed by atoms with Crippen molar-refractivity contribution in [1.82, 2.24) is 5.16 Å². The van der Waals surface area contributed by atoms with Crippen molar-refractivity contribution >= 4 is 33.6 Å². The summed E-state index contributed by atoms with van der Waals surface area (Å²) >= 11 is 5.69. The van der Waals surface area contributed by atoms with Crippen molar-refractivity contribution in [2.24, 2.45) is 0 Å². The van der Waals surface area contributed by atoms with Gasteiger partial charge in [-0.15, -0.1) is 0 Å². The van der Waals surface area contributed by atoms with E-state index in [2.05, 4.69) is 39.3 Å². The van der Waals surface area contributed by atoms with Crippen molar-refractivity contribution in [3.63, 3.8) is 0 Å². The molecule has 0 saturated carbocycles. The molecule has 0 aliphatic carbocycles. The maximum Gasteiger partial charge on any atom is 0.229 e. The molecule has 1 aromatic carbocycles. The number of rotatable bonds is 2. The molecule has 2 heterocycles. The maximum absolute atomic E-state index is 5.74. The highest BCUT2D eigenvalue weighted by molar-refractivity contribution is 9.10. The van der Waals surface area contributed by atoms with Gasteiger partial charge in [0.1, 0.15) is 0 Å². The Labute approximate surface area is 118 Å². The van der Waals surface area contributed by atoms with E-state index in [1.54, 1.807) is 6.20 Å². The Bertz CT molecular complexity index is 564. The summed E-state index contributed by atoms with van der Waals surface area (Å²) in [4.78, 5) is 0. The third-order valence-corrected chi connectivity index (χ3v) is 5.13. The Morgan fingerprint density at radius 2 is 2.33 bits per heavy atom. The fourth-order valence-corrected chi connectivity index (χ4v) is 4.22. The zero-order valence-electron chi connectivity index (χ0n) is 9.73.